The maximum Gasteiger partial charge on any atom is 0.332 e. The first-order chi connectivity index (χ1) is 9.04. The SMILES string of the molecule is Cc1cn(C)c(=O)n1-c1cccc(C(C)CC=O)c1. The van der Waals surface area contributed by atoms with Crippen LogP contribution in [0.4, 0.5) is 0 Å². The van der Waals surface area contributed by atoms with Crippen molar-refractivity contribution in [2.75, 3.05) is 0 Å². The van der Waals surface area contributed by atoms with Crippen molar-refractivity contribution in [1.82, 2.24) is 9.13 Å². The van der Waals surface area contributed by atoms with Gasteiger partial charge >= 0.3 is 5.69 Å². The molecule has 19 heavy (non-hydrogen) atoms. The zero-order chi connectivity index (χ0) is 14.0. The maximum atomic E-state index is 12.1. The summed E-state index contributed by atoms with van der Waals surface area (Å²) in [5.74, 6) is 0.164. The van der Waals surface area contributed by atoms with E-state index < -0.39 is 0 Å². The van der Waals surface area contributed by atoms with Crippen LogP contribution in [-0.4, -0.2) is 15.4 Å². The molecule has 0 bridgehead atoms. The molecule has 0 radical (unpaired) electrons. The Hall–Kier alpha value is -2.10. The third kappa shape index (κ3) is 2.52. The Kier molecular flexibility index (Phi) is 3.69. The molecule has 4 heteroatoms. The quantitative estimate of drug-likeness (QED) is 0.789. The van der Waals surface area contributed by atoms with Gasteiger partial charge in [0.25, 0.3) is 0 Å². The molecule has 1 aromatic heterocycles. The van der Waals surface area contributed by atoms with Gasteiger partial charge < -0.3 is 9.36 Å². The number of benzene rings is 1. The third-order valence-corrected chi connectivity index (χ3v) is 3.37. The van der Waals surface area contributed by atoms with E-state index in [2.05, 4.69) is 0 Å². The molecule has 0 N–H and O–H groups in total. The topological polar surface area (TPSA) is 44.0 Å². The predicted molar refractivity (Wildman–Crippen MR) is 74.8 cm³/mol. The summed E-state index contributed by atoms with van der Waals surface area (Å²) in [6, 6.07) is 7.79. The summed E-state index contributed by atoms with van der Waals surface area (Å²) in [6.45, 7) is 3.91. The van der Waals surface area contributed by atoms with Gasteiger partial charge in [0.2, 0.25) is 0 Å². The minimum atomic E-state index is -0.0577. The summed E-state index contributed by atoms with van der Waals surface area (Å²) in [5.41, 5.74) is 2.75. The van der Waals surface area contributed by atoms with Gasteiger partial charge in [-0.15, -0.1) is 0 Å². The van der Waals surface area contributed by atoms with E-state index in [1.165, 1.54) is 0 Å². The second kappa shape index (κ2) is 5.26. The van der Waals surface area contributed by atoms with Gasteiger partial charge in [-0.2, -0.15) is 0 Å². The number of hydrogen-bond acceptors (Lipinski definition) is 2. The molecule has 0 saturated heterocycles. The highest BCUT2D eigenvalue weighted by atomic mass is 16.1. The van der Waals surface area contributed by atoms with E-state index in [1.54, 1.807) is 16.2 Å². The molecular weight excluding hydrogens is 240 g/mol. The Morgan fingerprint density at radius 1 is 1.37 bits per heavy atom. The molecule has 0 spiro atoms. The molecule has 0 aliphatic heterocycles. The van der Waals surface area contributed by atoms with Crippen LogP contribution in [0.15, 0.2) is 35.3 Å². The number of carbonyl (C=O) groups is 1. The van der Waals surface area contributed by atoms with Gasteiger partial charge in [0.1, 0.15) is 6.29 Å². The molecule has 0 amide bonds. The molecule has 0 aliphatic rings. The van der Waals surface area contributed by atoms with Gasteiger partial charge in [-0.3, -0.25) is 4.57 Å². The smallest absolute Gasteiger partial charge is 0.303 e. The van der Waals surface area contributed by atoms with Crippen LogP contribution in [0.2, 0.25) is 0 Å². The van der Waals surface area contributed by atoms with Crippen LogP contribution in [0, 0.1) is 6.92 Å². The van der Waals surface area contributed by atoms with Crippen LogP contribution >= 0.6 is 0 Å². The molecule has 1 unspecified atom stereocenters. The van der Waals surface area contributed by atoms with Crippen molar-refractivity contribution in [3.8, 4) is 5.69 Å². The highest BCUT2D eigenvalue weighted by molar-refractivity contribution is 5.52. The normalized spacial score (nSPS) is 12.4. The van der Waals surface area contributed by atoms with E-state index in [4.69, 9.17) is 0 Å². The van der Waals surface area contributed by atoms with Crippen molar-refractivity contribution in [2.24, 2.45) is 7.05 Å². The van der Waals surface area contributed by atoms with Crippen molar-refractivity contribution in [3.05, 3.63) is 52.2 Å². The minimum absolute atomic E-state index is 0.0577. The van der Waals surface area contributed by atoms with Gasteiger partial charge in [-0.1, -0.05) is 19.1 Å². The first-order valence-electron chi connectivity index (χ1n) is 6.33. The number of hydrogen-bond donors (Lipinski definition) is 0. The number of aromatic nitrogens is 2. The zero-order valence-electron chi connectivity index (χ0n) is 11.5. The maximum absolute atomic E-state index is 12.1. The molecule has 1 atom stereocenters. The lowest BCUT2D eigenvalue weighted by Crippen LogP contribution is -2.21. The average molecular weight is 258 g/mol. The van der Waals surface area contributed by atoms with Gasteiger partial charge in [0, 0.05) is 25.4 Å². The Bertz CT molecular complexity index is 652. The Balaban J connectivity index is 2.49. The second-order valence-corrected chi connectivity index (χ2v) is 4.90. The van der Waals surface area contributed by atoms with E-state index in [-0.39, 0.29) is 11.6 Å². The van der Waals surface area contributed by atoms with Gasteiger partial charge in [-0.25, -0.2) is 4.79 Å². The molecule has 4 nitrogen and oxygen atoms in total. The van der Waals surface area contributed by atoms with Crippen LogP contribution in [0.25, 0.3) is 5.69 Å². The van der Waals surface area contributed by atoms with Crippen molar-refractivity contribution in [3.63, 3.8) is 0 Å². The van der Waals surface area contributed by atoms with Crippen LogP contribution in [0.1, 0.15) is 30.5 Å². The number of rotatable bonds is 4. The monoisotopic (exact) mass is 258 g/mol. The molecular formula is C15H18N2O2. The molecule has 0 fully saturated rings. The van der Waals surface area contributed by atoms with Crippen LogP contribution in [-0.2, 0) is 11.8 Å². The molecule has 2 aromatic rings. The van der Waals surface area contributed by atoms with E-state index >= 15 is 0 Å². The first kappa shape index (κ1) is 13.3. The van der Waals surface area contributed by atoms with E-state index in [0.717, 1.165) is 23.2 Å². The number of aryl methyl sites for hydroxylation is 2. The lowest BCUT2D eigenvalue weighted by molar-refractivity contribution is -0.108. The minimum Gasteiger partial charge on any atom is -0.303 e. The number of carbonyl (C=O) groups excluding carboxylic acids is 1. The Morgan fingerprint density at radius 3 is 2.68 bits per heavy atom. The van der Waals surface area contributed by atoms with Crippen LogP contribution in [0.5, 0.6) is 0 Å². The fraction of sp³-hybridized carbons (Fsp3) is 0.333. The predicted octanol–water partition coefficient (Wildman–Crippen LogP) is 2.18. The Morgan fingerprint density at radius 2 is 2.11 bits per heavy atom. The molecule has 0 saturated carbocycles. The lowest BCUT2D eigenvalue weighted by Gasteiger charge is -2.11. The molecule has 1 heterocycles. The summed E-state index contributed by atoms with van der Waals surface area (Å²) in [7, 11) is 1.74. The zero-order valence-corrected chi connectivity index (χ0v) is 11.5. The lowest BCUT2D eigenvalue weighted by atomic mass is 9.98. The van der Waals surface area contributed by atoms with Crippen molar-refractivity contribution >= 4 is 6.29 Å². The van der Waals surface area contributed by atoms with E-state index in [0.29, 0.717) is 6.42 Å². The molecule has 0 aliphatic carbocycles. The average Bonchev–Trinajstić information content (AvgIpc) is 2.64. The third-order valence-electron chi connectivity index (χ3n) is 3.37. The van der Waals surface area contributed by atoms with Crippen molar-refractivity contribution in [2.45, 2.75) is 26.2 Å². The van der Waals surface area contributed by atoms with Gasteiger partial charge in [-0.05, 0) is 30.5 Å². The summed E-state index contributed by atoms with van der Waals surface area (Å²) in [4.78, 5) is 22.7. The first-order valence-corrected chi connectivity index (χ1v) is 6.33. The number of imidazole rings is 1. The molecule has 100 valence electrons. The van der Waals surface area contributed by atoms with Crippen molar-refractivity contribution < 1.29 is 4.79 Å². The summed E-state index contributed by atoms with van der Waals surface area (Å²) in [5, 5.41) is 0. The van der Waals surface area contributed by atoms with Gasteiger partial charge in [0.05, 0.1) is 5.69 Å². The summed E-state index contributed by atoms with van der Waals surface area (Å²) >= 11 is 0. The largest absolute Gasteiger partial charge is 0.332 e. The second-order valence-electron chi connectivity index (χ2n) is 4.90. The van der Waals surface area contributed by atoms with Crippen LogP contribution in [0.3, 0.4) is 0 Å². The van der Waals surface area contributed by atoms with Crippen LogP contribution < -0.4 is 5.69 Å². The van der Waals surface area contributed by atoms with E-state index in [9.17, 15) is 9.59 Å². The fourth-order valence-electron chi connectivity index (χ4n) is 2.27. The standard InChI is InChI=1S/C15H18N2O2/c1-11(7-8-18)13-5-4-6-14(9-13)17-12(2)10-16(3)15(17)19/h4-6,8-11H,7H2,1-3H3. The number of aldehydes is 1. The Labute approximate surface area is 112 Å². The highest BCUT2D eigenvalue weighted by Gasteiger charge is 2.10. The molecule has 1 aromatic carbocycles. The number of nitrogens with zero attached hydrogens (tertiary/aromatic N) is 2. The summed E-state index contributed by atoms with van der Waals surface area (Å²) < 4.78 is 3.24. The van der Waals surface area contributed by atoms with Gasteiger partial charge in [0.15, 0.2) is 0 Å². The fourth-order valence-corrected chi connectivity index (χ4v) is 2.27. The van der Waals surface area contributed by atoms with E-state index in [1.807, 2.05) is 44.3 Å². The molecule has 2 rings (SSSR count). The summed E-state index contributed by atoms with van der Waals surface area (Å²) in [6.07, 6.45) is 3.23. The van der Waals surface area contributed by atoms with Crippen molar-refractivity contribution in [1.29, 1.82) is 0 Å². The highest BCUT2D eigenvalue weighted by Crippen LogP contribution is 2.20.